The van der Waals surface area contributed by atoms with Crippen LogP contribution in [0.4, 0.5) is 27.9 Å². The number of piperazine rings is 1. The molecule has 6 rings (SSSR count). The monoisotopic (exact) mass is 530 g/mol. The first kappa shape index (κ1) is 25.6. The summed E-state index contributed by atoms with van der Waals surface area (Å²) >= 11 is 0. The molecule has 1 unspecified atom stereocenters. The molecular weight excluding hydrogens is 492 g/mol. The Morgan fingerprint density at radius 2 is 1.85 bits per heavy atom. The smallest absolute Gasteiger partial charge is 0.325 e. The Morgan fingerprint density at radius 3 is 2.51 bits per heavy atom. The predicted octanol–water partition coefficient (Wildman–Crippen LogP) is 3.44. The van der Waals surface area contributed by atoms with Gasteiger partial charge in [-0.05, 0) is 69.5 Å². The minimum atomic E-state index is -0.141. The molecule has 3 fully saturated rings. The SMILES string of the molecule is C=CC(=O)N1CCC(N2Cc3cnc(Nc4ccc(N5CCN(C)CC5)cc4)nc3N(C)C2=O)CC12CCC2. The highest BCUT2D eigenvalue weighted by atomic mass is 16.2. The van der Waals surface area contributed by atoms with Crippen molar-refractivity contribution in [3.63, 3.8) is 0 Å². The number of likely N-dealkylation sites (tertiary alicyclic amines) is 1. The van der Waals surface area contributed by atoms with E-state index >= 15 is 0 Å². The molecule has 1 spiro atoms. The van der Waals surface area contributed by atoms with Gasteiger partial charge in [-0.1, -0.05) is 6.58 Å². The number of nitrogens with zero attached hydrogens (tertiary/aromatic N) is 7. The molecule has 0 radical (unpaired) electrons. The van der Waals surface area contributed by atoms with Crippen LogP contribution in [-0.4, -0.2) is 95.0 Å². The van der Waals surface area contributed by atoms with Gasteiger partial charge < -0.3 is 24.9 Å². The van der Waals surface area contributed by atoms with Crippen LogP contribution in [0.15, 0.2) is 43.1 Å². The molecule has 39 heavy (non-hydrogen) atoms. The van der Waals surface area contributed by atoms with Crippen LogP contribution in [-0.2, 0) is 11.3 Å². The molecule has 1 aromatic heterocycles. The summed E-state index contributed by atoms with van der Waals surface area (Å²) in [6.45, 7) is 9.03. The van der Waals surface area contributed by atoms with Crippen molar-refractivity contribution in [1.29, 1.82) is 0 Å². The van der Waals surface area contributed by atoms with E-state index < -0.39 is 0 Å². The molecule has 2 aromatic rings. The van der Waals surface area contributed by atoms with Crippen LogP contribution in [0.5, 0.6) is 0 Å². The Bertz CT molecular complexity index is 1250. The van der Waals surface area contributed by atoms with E-state index in [2.05, 4.69) is 45.9 Å². The lowest BCUT2D eigenvalue weighted by Crippen LogP contribution is -2.64. The molecular formula is C29H38N8O2. The highest BCUT2D eigenvalue weighted by molar-refractivity contribution is 5.93. The van der Waals surface area contributed by atoms with Gasteiger partial charge in [0.2, 0.25) is 11.9 Å². The zero-order valence-electron chi connectivity index (χ0n) is 23.0. The molecule has 3 amide bonds. The van der Waals surface area contributed by atoms with Gasteiger partial charge in [0.25, 0.3) is 0 Å². The maximum Gasteiger partial charge on any atom is 0.325 e. The van der Waals surface area contributed by atoms with Crippen molar-refractivity contribution >= 4 is 35.1 Å². The van der Waals surface area contributed by atoms with Gasteiger partial charge in [0.05, 0.1) is 6.54 Å². The van der Waals surface area contributed by atoms with Crippen molar-refractivity contribution < 1.29 is 9.59 Å². The molecule has 10 nitrogen and oxygen atoms in total. The fraction of sp³-hybridized carbons (Fsp3) is 0.517. The maximum absolute atomic E-state index is 13.5. The number of hydrogen-bond donors (Lipinski definition) is 1. The second-order valence-corrected chi connectivity index (χ2v) is 11.4. The fourth-order valence-electron chi connectivity index (χ4n) is 6.57. The molecule has 206 valence electrons. The van der Waals surface area contributed by atoms with Gasteiger partial charge in [0, 0.05) is 74.5 Å². The lowest BCUT2D eigenvalue weighted by Gasteiger charge is -2.56. The van der Waals surface area contributed by atoms with Crippen molar-refractivity contribution in [2.24, 2.45) is 0 Å². The number of carbonyl (C=O) groups is 2. The maximum atomic E-state index is 13.5. The van der Waals surface area contributed by atoms with E-state index in [0.29, 0.717) is 24.9 Å². The molecule has 1 saturated carbocycles. The van der Waals surface area contributed by atoms with Crippen molar-refractivity contribution in [3.05, 3.63) is 48.7 Å². The number of aromatic nitrogens is 2. The minimum absolute atomic E-state index is 0.00276. The predicted molar refractivity (Wildman–Crippen MR) is 152 cm³/mol. The van der Waals surface area contributed by atoms with Gasteiger partial charge in [-0.2, -0.15) is 4.98 Å². The largest absolute Gasteiger partial charge is 0.369 e. The fourth-order valence-corrected chi connectivity index (χ4v) is 6.57. The van der Waals surface area contributed by atoms with E-state index in [9.17, 15) is 9.59 Å². The zero-order valence-corrected chi connectivity index (χ0v) is 23.0. The van der Waals surface area contributed by atoms with Gasteiger partial charge in [0.1, 0.15) is 5.82 Å². The summed E-state index contributed by atoms with van der Waals surface area (Å²) < 4.78 is 0. The van der Waals surface area contributed by atoms with Crippen molar-refractivity contribution in [2.45, 2.75) is 50.2 Å². The first-order chi connectivity index (χ1) is 18.9. The van der Waals surface area contributed by atoms with E-state index in [0.717, 1.165) is 69.5 Å². The molecule has 1 atom stereocenters. The molecule has 3 aliphatic heterocycles. The summed E-state index contributed by atoms with van der Waals surface area (Å²) in [5.74, 6) is 1.11. The number of anilines is 4. The minimum Gasteiger partial charge on any atom is -0.369 e. The first-order valence-corrected chi connectivity index (χ1v) is 14.0. The van der Waals surface area contributed by atoms with Crippen LogP contribution in [0.3, 0.4) is 0 Å². The van der Waals surface area contributed by atoms with Gasteiger partial charge in [-0.3, -0.25) is 9.69 Å². The molecule has 0 bridgehead atoms. The van der Waals surface area contributed by atoms with E-state index in [4.69, 9.17) is 4.98 Å². The Kier molecular flexibility index (Phi) is 6.66. The van der Waals surface area contributed by atoms with Crippen LogP contribution in [0, 0.1) is 0 Å². The van der Waals surface area contributed by atoms with Crippen LogP contribution < -0.4 is 15.1 Å². The van der Waals surface area contributed by atoms with E-state index in [1.807, 2.05) is 28.1 Å². The molecule has 1 aromatic carbocycles. The molecule has 1 N–H and O–H groups in total. The highest BCUT2D eigenvalue weighted by Crippen LogP contribution is 2.46. The lowest BCUT2D eigenvalue weighted by molar-refractivity contribution is -0.141. The number of rotatable bonds is 5. The summed E-state index contributed by atoms with van der Waals surface area (Å²) in [5, 5.41) is 3.30. The number of fused-ring (bicyclic) bond motifs is 1. The van der Waals surface area contributed by atoms with Crippen LogP contribution in [0.1, 0.15) is 37.7 Å². The van der Waals surface area contributed by atoms with Crippen LogP contribution in [0.2, 0.25) is 0 Å². The second-order valence-electron chi connectivity index (χ2n) is 11.4. The summed E-state index contributed by atoms with van der Waals surface area (Å²) in [7, 11) is 3.94. The number of urea groups is 1. The van der Waals surface area contributed by atoms with Gasteiger partial charge >= 0.3 is 6.03 Å². The molecule has 4 aliphatic rings. The number of nitrogens with one attached hydrogen (secondary N) is 1. The van der Waals surface area contributed by atoms with Gasteiger partial charge in [-0.25, -0.2) is 9.78 Å². The quantitative estimate of drug-likeness (QED) is 0.593. The Hall–Kier alpha value is -3.66. The Balaban J connectivity index is 1.14. The molecule has 1 aliphatic carbocycles. The molecule has 4 heterocycles. The number of benzene rings is 1. The number of likely N-dealkylation sites (N-methyl/N-ethyl adjacent to an activating group) is 1. The van der Waals surface area contributed by atoms with Crippen LogP contribution >= 0.6 is 0 Å². The van der Waals surface area contributed by atoms with Gasteiger partial charge in [-0.15, -0.1) is 0 Å². The average molecular weight is 531 g/mol. The first-order valence-electron chi connectivity index (χ1n) is 14.0. The van der Waals surface area contributed by atoms with E-state index in [1.165, 1.54) is 11.8 Å². The highest BCUT2D eigenvalue weighted by Gasteiger charge is 2.50. The number of carbonyl (C=O) groups excluding carboxylic acids is 2. The number of hydrogen-bond acceptors (Lipinski definition) is 7. The summed E-state index contributed by atoms with van der Waals surface area (Å²) in [6, 6.07) is 8.38. The van der Waals surface area contributed by atoms with Crippen molar-refractivity contribution in [1.82, 2.24) is 24.7 Å². The number of piperidine rings is 1. The third-order valence-corrected chi connectivity index (χ3v) is 9.06. The summed E-state index contributed by atoms with van der Waals surface area (Å²) in [4.78, 5) is 45.6. The summed E-state index contributed by atoms with van der Waals surface area (Å²) in [6.07, 6.45) is 7.92. The molecule has 2 saturated heterocycles. The van der Waals surface area contributed by atoms with Crippen molar-refractivity contribution in [2.75, 3.05) is 61.9 Å². The van der Waals surface area contributed by atoms with Gasteiger partial charge in [0.15, 0.2) is 0 Å². The third kappa shape index (κ3) is 4.71. The molecule has 10 heteroatoms. The number of amides is 3. The topological polar surface area (TPSA) is 88.2 Å². The summed E-state index contributed by atoms with van der Waals surface area (Å²) in [5.41, 5.74) is 2.91. The normalized spacial score (nSPS) is 22.9. The third-order valence-electron chi connectivity index (χ3n) is 9.06. The van der Waals surface area contributed by atoms with Crippen LogP contribution in [0.25, 0.3) is 0 Å². The Morgan fingerprint density at radius 1 is 1.10 bits per heavy atom. The van der Waals surface area contributed by atoms with E-state index in [1.54, 1.807) is 11.9 Å². The van der Waals surface area contributed by atoms with E-state index in [-0.39, 0.29) is 23.5 Å². The Labute approximate surface area is 230 Å². The zero-order chi connectivity index (χ0) is 27.1. The standard InChI is InChI=1S/C29H38N8O2/c1-4-25(38)37-13-10-24(18-29(37)11-5-12-29)36-20-21-19-30-27(32-26(21)34(3)28(36)39)31-22-6-8-23(9-7-22)35-16-14-33(2)15-17-35/h4,6-9,19,24H,1,5,10-18,20H2,2-3H3,(H,30,31,32). The van der Waals surface area contributed by atoms with Crippen molar-refractivity contribution in [3.8, 4) is 0 Å². The second kappa shape index (κ2) is 10.1. The average Bonchev–Trinajstić information content (AvgIpc) is 2.94. The lowest BCUT2D eigenvalue weighted by atomic mass is 9.68.